The number of nitro benzene ring substituents is 1. The van der Waals surface area contributed by atoms with E-state index in [1.54, 1.807) is 23.6 Å². The lowest BCUT2D eigenvalue weighted by molar-refractivity contribution is -0.384. The number of nitrogens with zero attached hydrogens (tertiary/aromatic N) is 4. The predicted molar refractivity (Wildman–Crippen MR) is 129 cm³/mol. The maximum atomic E-state index is 11.2. The van der Waals surface area contributed by atoms with Crippen LogP contribution < -0.4 is 4.80 Å². The van der Waals surface area contributed by atoms with Crippen molar-refractivity contribution in [1.29, 1.82) is 0 Å². The molecule has 1 saturated carbocycles. The fraction of sp³-hybridized carbons (Fsp3) is 0.273. The molecule has 0 radical (unpaired) electrons. The Hall–Kier alpha value is -2.29. The minimum Gasteiger partial charge on any atom is -0.258 e. The number of hydrogen-bond acceptors (Lipinski definition) is 5. The van der Waals surface area contributed by atoms with Crippen LogP contribution in [-0.4, -0.2) is 21.9 Å². The molecule has 2 aromatic carbocycles. The maximum absolute atomic E-state index is 11.2. The Balaban J connectivity index is 1.76. The first kappa shape index (κ1) is 21.9. The van der Waals surface area contributed by atoms with Crippen molar-refractivity contribution < 1.29 is 4.92 Å². The van der Waals surface area contributed by atoms with Crippen molar-refractivity contribution in [3.63, 3.8) is 0 Å². The Bertz CT molecular complexity index is 1180. The lowest BCUT2D eigenvalue weighted by Gasteiger charge is -2.16. The van der Waals surface area contributed by atoms with Gasteiger partial charge in [0.05, 0.1) is 22.9 Å². The normalized spacial score (nSPS) is 15.6. The summed E-state index contributed by atoms with van der Waals surface area (Å²) in [5.41, 5.74) is 2.40. The van der Waals surface area contributed by atoms with Crippen molar-refractivity contribution in [2.24, 2.45) is 10.1 Å². The van der Waals surface area contributed by atoms with Crippen LogP contribution in [0.15, 0.2) is 62.4 Å². The van der Waals surface area contributed by atoms with Crippen molar-refractivity contribution in [1.82, 2.24) is 4.68 Å². The molecule has 0 aliphatic heterocycles. The van der Waals surface area contributed by atoms with E-state index >= 15 is 0 Å². The van der Waals surface area contributed by atoms with E-state index in [1.165, 1.54) is 31.4 Å². The summed E-state index contributed by atoms with van der Waals surface area (Å²) >= 11 is 11.0. The molecule has 0 bridgehead atoms. The molecule has 3 aromatic rings. The molecule has 0 saturated heterocycles. The topological polar surface area (TPSA) is 72.8 Å². The number of hydrogen-bond donors (Lipinski definition) is 0. The highest BCUT2D eigenvalue weighted by atomic mass is 79.9. The Kier molecular flexibility index (Phi) is 6.99. The van der Waals surface area contributed by atoms with Gasteiger partial charge in [0.1, 0.15) is 5.02 Å². The minimum atomic E-state index is -0.492. The lowest BCUT2D eigenvalue weighted by Crippen LogP contribution is -2.19. The van der Waals surface area contributed by atoms with Crippen molar-refractivity contribution in [3.05, 3.63) is 77.8 Å². The van der Waals surface area contributed by atoms with Crippen LogP contribution in [0.3, 0.4) is 0 Å². The first-order valence-electron chi connectivity index (χ1n) is 10.00. The Morgan fingerprint density at radius 1 is 1.16 bits per heavy atom. The van der Waals surface area contributed by atoms with E-state index < -0.39 is 4.92 Å². The van der Waals surface area contributed by atoms with E-state index in [1.807, 2.05) is 34.3 Å². The summed E-state index contributed by atoms with van der Waals surface area (Å²) in [6, 6.07) is 13.0. The van der Waals surface area contributed by atoms with Gasteiger partial charge in [-0.2, -0.15) is 5.10 Å². The molecule has 31 heavy (non-hydrogen) atoms. The third-order valence-electron chi connectivity index (χ3n) is 5.18. The molecule has 1 fully saturated rings. The van der Waals surface area contributed by atoms with E-state index in [0.717, 1.165) is 33.4 Å². The molecular formula is C22H20BrClN4O2S. The first-order valence-corrected chi connectivity index (χ1v) is 12.0. The highest BCUT2D eigenvalue weighted by molar-refractivity contribution is 9.10. The van der Waals surface area contributed by atoms with Gasteiger partial charge in [-0.3, -0.25) is 15.1 Å². The molecule has 1 heterocycles. The van der Waals surface area contributed by atoms with Gasteiger partial charge in [0, 0.05) is 27.0 Å². The smallest absolute Gasteiger partial charge is 0.258 e. The summed E-state index contributed by atoms with van der Waals surface area (Å²) in [7, 11) is 0. The monoisotopic (exact) mass is 518 g/mol. The fourth-order valence-corrected chi connectivity index (χ4v) is 4.92. The average Bonchev–Trinajstić information content (AvgIpc) is 3.16. The standard InChI is InChI=1S/C22H20BrClN4O2S/c23-17-9-7-16(8-10-17)21-14-31-22(26-18-4-2-1-3-5-18)27(21)25-13-15-6-11-19(24)20(12-15)28(29)30/h6-14,18H,1-5H2. The lowest BCUT2D eigenvalue weighted by atomic mass is 9.96. The Morgan fingerprint density at radius 3 is 2.61 bits per heavy atom. The van der Waals surface area contributed by atoms with E-state index in [2.05, 4.69) is 21.0 Å². The van der Waals surface area contributed by atoms with E-state index in [4.69, 9.17) is 16.6 Å². The van der Waals surface area contributed by atoms with Crippen molar-refractivity contribution in [3.8, 4) is 11.3 Å². The van der Waals surface area contributed by atoms with Crippen LogP contribution in [0.5, 0.6) is 0 Å². The second-order valence-corrected chi connectivity index (χ2v) is 9.52. The van der Waals surface area contributed by atoms with Crippen molar-refractivity contribution in [2.75, 3.05) is 0 Å². The summed E-state index contributed by atoms with van der Waals surface area (Å²) in [6.45, 7) is 0. The van der Waals surface area contributed by atoms with Gasteiger partial charge in [0.25, 0.3) is 5.69 Å². The summed E-state index contributed by atoms with van der Waals surface area (Å²) < 4.78 is 2.82. The Morgan fingerprint density at radius 2 is 1.90 bits per heavy atom. The van der Waals surface area contributed by atoms with Gasteiger partial charge in [-0.25, -0.2) is 4.68 Å². The van der Waals surface area contributed by atoms with Crippen molar-refractivity contribution >= 4 is 50.8 Å². The van der Waals surface area contributed by atoms with Crippen LogP contribution >= 0.6 is 38.9 Å². The molecule has 0 N–H and O–H groups in total. The molecule has 4 rings (SSSR count). The number of thiazole rings is 1. The summed E-state index contributed by atoms with van der Waals surface area (Å²) in [4.78, 5) is 16.5. The molecule has 1 aliphatic rings. The van der Waals surface area contributed by atoms with Gasteiger partial charge in [-0.05, 0) is 31.0 Å². The third kappa shape index (κ3) is 5.31. The molecule has 0 atom stereocenters. The molecule has 160 valence electrons. The van der Waals surface area contributed by atoms with Gasteiger partial charge in [-0.15, -0.1) is 11.3 Å². The van der Waals surface area contributed by atoms with E-state index in [0.29, 0.717) is 11.6 Å². The molecule has 0 unspecified atom stereocenters. The number of aromatic nitrogens is 1. The zero-order valence-corrected chi connectivity index (χ0v) is 19.7. The van der Waals surface area contributed by atoms with Crippen LogP contribution in [0.1, 0.15) is 37.7 Å². The molecular weight excluding hydrogens is 500 g/mol. The molecule has 9 heteroatoms. The molecule has 1 aliphatic carbocycles. The first-order chi connectivity index (χ1) is 15.0. The van der Waals surface area contributed by atoms with Gasteiger partial charge >= 0.3 is 0 Å². The number of rotatable bonds is 5. The third-order valence-corrected chi connectivity index (χ3v) is 6.86. The van der Waals surface area contributed by atoms with Crippen LogP contribution in [0.2, 0.25) is 5.02 Å². The quantitative estimate of drug-likeness (QED) is 0.215. The number of benzene rings is 2. The predicted octanol–water partition coefficient (Wildman–Crippen LogP) is 6.66. The molecule has 1 aromatic heterocycles. The van der Waals surface area contributed by atoms with Gasteiger partial charge in [-0.1, -0.05) is 65.0 Å². The van der Waals surface area contributed by atoms with Gasteiger partial charge in [0.15, 0.2) is 0 Å². The van der Waals surface area contributed by atoms with Gasteiger partial charge < -0.3 is 0 Å². The fourth-order valence-electron chi connectivity index (χ4n) is 3.56. The average molecular weight is 520 g/mol. The second-order valence-electron chi connectivity index (χ2n) is 7.36. The molecule has 6 nitrogen and oxygen atoms in total. The van der Waals surface area contributed by atoms with E-state index in [-0.39, 0.29) is 10.7 Å². The zero-order valence-electron chi connectivity index (χ0n) is 16.6. The minimum absolute atomic E-state index is 0.105. The highest BCUT2D eigenvalue weighted by Crippen LogP contribution is 2.26. The second kappa shape index (κ2) is 9.89. The number of halogens is 2. The maximum Gasteiger partial charge on any atom is 0.288 e. The molecule has 0 amide bonds. The van der Waals surface area contributed by atoms with Crippen LogP contribution in [0, 0.1) is 10.1 Å². The van der Waals surface area contributed by atoms with Crippen LogP contribution in [0.4, 0.5) is 5.69 Å². The summed E-state index contributed by atoms with van der Waals surface area (Å²) in [5.74, 6) is 0. The molecule has 0 spiro atoms. The van der Waals surface area contributed by atoms with Crippen LogP contribution in [-0.2, 0) is 0 Å². The summed E-state index contributed by atoms with van der Waals surface area (Å²) in [5, 5.41) is 18.0. The number of nitro groups is 1. The van der Waals surface area contributed by atoms with Crippen molar-refractivity contribution in [2.45, 2.75) is 38.1 Å². The highest BCUT2D eigenvalue weighted by Gasteiger charge is 2.15. The van der Waals surface area contributed by atoms with Gasteiger partial charge in [0.2, 0.25) is 4.80 Å². The SMILES string of the molecule is O=[N+]([O-])c1cc(C=Nn2c(-c3ccc(Br)cc3)csc2=NC2CCCCC2)ccc1Cl. The van der Waals surface area contributed by atoms with E-state index in [9.17, 15) is 10.1 Å². The summed E-state index contributed by atoms with van der Waals surface area (Å²) in [6.07, 6.45) is 7.48. The zero-order chi connectivity index (χ0) is 21.8. The van der Waals surface area contributed by atoms with Crippen LogP contribution in [0.25, 0.3) is 11.3 Å². The largest absolute Gasteiger partial charge is 0.288 e. The Labute approximate surface area is 197 Å².